The molecule has 5 nitrogen and oxygen atoms in total. The number of nitrogens with zero attached hydrogens (tertiary/aromatic N) is 1. The zero-order valence-electron chi connectivity index (χ0n) is 11.3. The highest BCUT2D eigenvalue weighted by molar-refractivity contribution is 7.07. The number of hydrogen-bond donors (Lipinski definition) is 1. The molecule has 0 bridgehead atoms. The van der Waals surface area contributed by atoms with Gasteiger partial charge < -0.3 is 9.84 Å². The first-order chi connectivity index (χ1) is 9.52. The summed E-state index contributed by atoms with van der Waals surface area (Å²) in [5.74, 6) is -0.136. The van der Waals surface area contributed by atoms with Crippen molar-refractivity contribution in [3.63, 3.8) is 0 Å². The third-order valence-corrected chi connectivity index (χ3v) is 3.79. The van der Waals surface area contributed by atoms with Crippen LogP contribution in [0.4, 0.5) is 0 Å². The van der Waals surface area contributed by atoms with Gasteiger partial charge in [0.05, 0.1) is 19.2 Å². The second-order valence-electron chi connectivity index (χ2n) is 4.37. The summed E-state index contributed by atoms with van der Waals surface area (Å²) in [6, 6.07) is 5.64. The summed E-state index contributed by atoms with van der Waals surface area (Å²) in [6.07, 6.45) is -0.0707. The molecular weight excluding hydrogens is 278 g/mol. The van der Waals surface area contributed by atoms with E-state index in [1.54, 1.807) is 12.5 Å². The highest BCUT2D eigenvalue weighted by atomic mass is 32.1. The van der Waals surface area contributed by atoms with Crippen LogP contribution in [0.3, 0.4) is 0 Å². The van der Waals surface area contributed by atoms with E-state index in [4.69, 9.17) is 9.84 Å². The number of benzene rings is 1. The van der Waals surface area contributed by atoms with Gasteiger partial charge in [0.15, 0.2) is 0 Å². The van der Waals surface area contributed by atoms with Crippen LogP contribution < -0.4 is 9.61 Å². The number of rotatable bonds is 5. The van der Waals surface area contributed by atoms with Gasteiger partial charge in [-0.1, -0.05) is 11.3 Å². The minimum absolute atomic E-state index is 0.0707. The zero-order valence-corrected chi connectivity index (χ0v) is 12.1. The first kappa shape index (κ1) is 14.3. The summed E-state index contributed by atoms with van der Waals surface area (Å²) in [4.78, 5) is 22.3. The lowest BCUT2D eigenvalue weighted by molar-refractivity contribution is -0.137. The second-order valence-corrected chi connectivity index (χ2v) is 5.19. The van der Waals surface area contributed by atoms with E-state index in [1.807, 2.05) is 25.1 Å². The van der Waals surface area contributed by atoms with Crippen LogP contribution in [0.15, 0.2) is 28.4 Å². The number of thiazole rings is 1. The molecule has 0 amide bonds. The van der Waals surface area contributed by atoms with Gasteiger partial charge in [0, 0.05) is 11.9 Å². The zero-order chi connectivity index (χ0) is 14.7. The molecule has 0 atom stereocenters. The lowest BCUT2D eigenvalue weighted by Gasteiger charge is -2.09. The Balaban J connectivity index is 2.40. The van der Waals surface area contributed by atoms with E-state index in [0.29, 0.717) is 0 Å². The summed E-state index contributed by atoms with van der Waals surface area (Å²) < 4.78 is 6.71. The number of carboxylic acid groups (broad SMARTS) is 1. The largest absolute Gasteiger partial charge is 0.496 e. The van der Waals surface area contributed by atoms with Crippen molar-refractivity contribution in [2.75, 3.05) is 7.11 Å². The molecule has 0 spiro atoms. The van der Waals surface area contributed by atoms with E-state index in [1.165, 1.54) is 4.57 Å². The fourth-order valence-electron chi connectivity index (χ4n) is 2.01. The Kier molecular flexibility index (Phi) is 4.24. The number of ether oxygens (including phenoxy) is 1. The minimum Gasteiger partial charge on any atom is -0.496 e. The predicted molar refractivity (Wildman–Crippen MR) is 77.6 cm³/mol. The van der Waals surface area contributed by atoms with Gasteiger partial charge in [0.25, 0.3) is 0 Å². The maximum Gasteiger partial charge on any atom is 0.307 e. The summed E-state index contributed by atoms with van der Waals surface area (Å²) in [5.41, 5.74) is 2.59. The number of hydrogen-bond acceptors (Lipinski definition) is 4. The molecule has 1 aromatic heterocycles. The Morgan fingerprint density at radius 3 is 2.80 bits per heavy atom. The smallest absolute Gasteiger partial charge is 0.307 e. The fourth-order valence-corrected chi connectivity index (χ4v) is 2.81. The number of carbonyl (C=O) groups is 1. The maximum absolute atomic E-state index is 11.8. The van der Waals surface area contributed by atoms with Gasteiger partial charge in [-0.2, -0.15) is 0 Å². The molecule has 0 saturated heterocycles. The summed E-state index contributed by atoms with van der Waals surface area (Å²) >= 11 is 1.08. The summed E-state index contributed by atoms with van der Waals surface area (Å²) in [5, 5.41) is 10.5. The first-order valence-corrected chi connectivity index (χ1v) is 6.96. The molecule has 2 aromatic rings. The standard InChI is InChI=1S/C14H15NO4S/c1-9-7-10(3-4-12(9)19-2)11-8-20-14(18)15(11)6-5-13(16)17/h3-4,7-8H,5-6H2,1-2H3,(H,16,17). The Hall–Kier alpha value is -2.08. The third kappa shape index (κ3) is 2.91. The molecule has 1 N–H and O–H groups in total. The quantitative estimate of drug-likeness (QED) is 0.919. The fraction of sp³-hybridized carbons (Fsp3) is 0.286. The highest BCUT2D eigenvalue weighted by Crippen LogP contribution is 2.26. The normalized spacial score (nSPS) is 10.5. The van der Waals surface area contributed by atoms with Crippen LogP contribution in [0.5, 0.6) is 5.75 Å². The molecule has 0 saturated carbocycles. The van der Waals surface area contributed by atoms with Crippen molar-refractivity contribution in [2.24, 2.45) is 0 Å². The topological polar surface area (TPSA) is 68.5 Å². The van der Waals surface area contributed by atoms with Crippen molar-refractivity contribution in [3.05, 3.63) is 38.8 Å². The van der Waals surface area contributed by atoms with Crippen molar-refractivity contribution < 1.29 is 14.6 Å². The average Bonchev–Trinajstić information content (AvgIpc) is 2.77. The molecule has 0 aliphatic heterocycles. The number of methoxy groups -OCH3 is 1. The van der Waals surface area contributed by atoms with E-state index in [9.17, 15) is 9.59 Å². The van der Waals surface area contributed by atoms with Crippen molar-refractivity contribution in [3.8, 4) is 17.0 Å². The lowest BCUT2D eigenvalue weighted by Crippen LogP contribution is -2.16. The van der Waals surface area contributed by atoms with Gasteiger partial charge >= 0.3 is 10.8 Å². The van der Waals surface area contributed by atoms with E-state index in [0.717, 1.165) is 33.9 Å². The Bertz CT molecular complexity index is 687. The Morgan fingerprint density at radius 2 is 2.20 bits per heavy atom. The van der Waals surface area contributed by atoms with Gasteiger partial charge in [-0.25, -0.2) is 0 Å². The van der Waals surface area contributed by atoms with Crippen molar-refractivity contribution >= 4 is 17.3 Å². The molecule has 0 aliphatic rings. The average molecular weight is 293 g/mol. The van der Waals surface area contributed by atoms with Gasteiger partial charge in [-0.15, -0.1) is 0 Å². The van der Waals surface area contributed by atoms with Crippen LogP contribution >= 0.6 is 11.3 Å². The van der Waals surface area contributed by atoms with Crippen LogP contribution in [0.2, 0.25) is 0 Å². The molecule has 6 heteroatoms. The van der Waals surface area contributed by atoms with E-state index in [-0.39, 0.29) is 17.8 Å². The van der Waals surface area contributed by atoms with Gasteiger partial charge in [-0.3, -0.25) is 14.2 Å². The monoisotopic (exact) mass is 293 g/mol. The number of aromatic nitrogens is 1. The molecule has 0 radical (unpaired) electrons. The summed E-state index contributed by atoms with van der Waals surface area (Å²) in [6.45, 7) is 2.10. The number of carboxylic acids is 1. The Morgan fingerprint density at radius 1 is 1.45 bits per heavy atom. The predicted octanol–water partition coefficient (Wildman–Crippen LogP) is 2.37. The van der Waals surface area contributed by atoms with Crippen LogP contribution in [0, 0.1) is 6.92 Å². The second kappa shape index (κ2) is 5.92. The molecular formula is C14H15NO4S. The van der Waals surface area contributed by atoms with Gasteiger partial charge in [0.1, 0.15) is 5.75 Å². The van der Waals surface area contributed by atoms with E-state index < -0.39 is 5.97 Å². The molecule has 2 rings (SSSR count). The van der Waals surface area contributed by atoms with Crippen molar-refractivity contribution in [1.82, 2.24) is 4.57 Å². The van der Waals surface area contributed by atoms with Crippen LogP contribution in [0.1, 0.15) is 12.0 Å². The number of aryl methyl sites for hydroxylation is 1. The molecule has 1 aromatic carbocycles. The molecule has 106 valence electrons. The SMILES string of the molecule is COc1ccc(-c2csc(=O)n2CCC(=O)O)cc1C. The van der Waals surface area contributed by atoms with Crippen molar-refractivity contribution in [1.29, 1.82) is 0 Å². The molecule has 0 fully saturated rings. The van der Waals surface area contributed by atoms with Crippen LogP contribution in [0.25, 0.3) is 11.3 Å². The van der Waals surface area contributed by atoms with E-state index >= 15 is 0 Å². The van der Waals surface area contributed by atoms with E-state index in [2.05, 4.69) is 0 Å². The van der Waals surface area contributed by atoms with Crippen LogP contribution in [-0.4, -0.2) is 22.8 Å². The minimum atomic E-state index is -0.917. The summed E-state index contributed by atoms with van der Waals surface area (Å²) in [7, 11) is 1.61. The molecule has 0 unspecified atom stereocenters. The molecule has 20 heavy (non-hydrogen) atoms. The van der Waals surface area contributed by atoms with Crippen LogP contribution in [-0.2, 0) is 11.3 Å². The number of aliphatic carboxylic acids is 1. The van der Waals surface area contributed by atoms with Gasteiger partial charge in [0.2, 0.25) is 0 Å². The molecule has 1 heterocycles. The third-order valence-electron chi connectivity index (χ3n) is 3.02. The Labute approximate surface area is 120 Å². The lowest BCUT2D eigenvalue weighted by atomic mass is 10.1. The highest BCUT2D eigenvalue weighted by Gasteiger charge is 2.11. The first-order valence-electron chi connectivity index (χ1n) is 6.08. The molecule has 0 aliphatic carbocycles. The maximum atomic E-state index is 11.8. The van der Waals surface area contributed by atoms with Crippen molar-refractivity contribution in [2.45, 2.75) is 19.9 Å². The van der Waals surface area contributed by atoms with Gasteiger partial charge in [-0.05, 0) is 36.2 Å².